The number of nitrogens with one attached hydrogen (secondary N) is 1. The molecule has 0 bridgehead atoms. The van der Waals surface area contributed by atoms with Crippen molar-refractivity contribution in [2.75, 3.05) is 6.54 Å². The molecule has 0 spiro atoms. The molecule has 0 heterocycles. The number of carbonyl (C=O) groups is 1. The summed E-state index contributed by atoms with van der Waals surface area (Å²) >= 11 is 0. The zero-order valence-electron chi connectivity index (χ0n) is 13.6. The van der Waals surface area contributed by atoms with E-state index < -0.39 is 11.7 Å². The minimum absolute atomic E-state index is 0. The van der Waals surface area contributed by atoms with Crippen molar-refractivity contribution in [1.82, 2.24) is 5.32 Å². The number of hydrogen-bond donors (Lipinski definition) is 2. The summed E-state index contributed by atoms with van der Waals surface area (Å²) < 4.78 is 14.3. The molecule has 1 aliphatic carbocycles. The monoisotopic (exact) mass is 348 g/mol. The first kappa shape index (κ1) is 18.4. The van der Waals surface area contributed by atoms with Crippen LogP contribution < -0.4 is 11.1 Å². The predicted molar refractivity (Wildman–Crippen MR) is 96.9 cm³/mol. The van der Waals surface area contributed by atoms with Crippen molar-refractivity contribution >= 4 is 18.3 Å². The van der Waals surface area contributed by atoms with Gasteiger partial charge in [0.2, 0.25) is 0 Å². The Morgan fingerprint density at radius 3 is 2.42 bits per heavy atom. The predicted octanol–water partition coefficient (Wildman–Crippen LogP) is 3.69. The van der Waals surface area contributed by atoms with Crippen LogP contribution in [0.3, 0.4) is 0 Å². The molecule has 0 saturated heterocycles. The molecule has 24 heavy (non-hydrogen) atoms. The third-order valence-electron chi connectivity index (χ3n) is 4.32. The zero-order chi connectivity index (χ0) is 16.4. The summed E-state index contributed by atoms with van der Waals surface area (Å²) in [6, 6.07) is 12.5. The number of nitrogens with two attached hydrogens (primary N) is 1. The van der Waals surface area contributed by atoms with Gasteiger partial charge in [0, 0.05) is 12.6 Å². The van der Waals surface area contributed by atoms with E-state index in [4.69, 9.17) is 5.73 Å². The van der Waals surface area contributed by atoms with Crippen LogP contribution in [0.1, 0.15) is 28.8 Å². The molecule has 1 unspecified atom stereocenters. The number of halogens is 2. The first-order chi connectivity index (χ1) is 11.0. The van der Waals surface area contributed by atoms with Crippen LogP contribution in [0.15, 0.2) is 42.5 Å². The van der Waals surface area contributed by atoms with Gasteiger partial charge in [-0.2, -0.15) is 0 Å². The van der Waals surface area contributed by atoms with Gasteiger partial charge in [-0.25, -0.2) is 4.39 Å². The Kier molecular flexibility index (Phi) is 5.97. The van der Waals surface area contributed by atoms with E-state index in [0.29, 0.717) is 12.5 Å². The summed E-state index contributed by atoms with van der Waals surface area (Å²) in [4.78, 5) is 12.1. The van der Waals surface area contributed by atoms with Crippen LogP contribution in [0.2, 0.25) is 0 Å². The molecule has 5 heteroatoms. The summed E-state index contributed by atoms with van der Waals surface area (Å²) in [5, 5.41) is 2.72. The third-order valence-corrected chi connectivity index (χ3v) is 4.32. The second-order valence-corrected chi connectivity index (χ2v) is 6.27. The number of benzene rings is 2. The van der Waals surface area contributed by atoms with Crippen LogP contribution in [-0.2, 0) is 0 Å². The lowest BCUT2D eigenvalue weighted by atomic mass is 10.0. The third kappa shape index (κ3) is 4.34. The molecule has 1 aliphatic rings. The van der Waals surface area contributed by atoms with Gasteiger partial charge >= 0.3 is 0 Å². The van der Waals surface area contributed by atoms with Crippen LogP contribution in [0.25, 0.3) is 11.1 Å². The maximum atomic E-state index is 14.3. The van der Waals surface area contributed by atoms with Gasteiger partial charge in [0.25, 0.3) is 5.91 Å². The molecule has 1 saturated carbocycles. The summed E-state index contributed by atoms with van der Waals surface area (Å²) in [6.45, 7) is 2.40. The van der Waals surface area contributed by atoms with Gasteiger partial charge in [0.15, 0.2) is 0 Å². The van der Waals surface area contributed by atoms with Gasteiger partial charge in [0.1, 0.15) is 5.82 Å². The van der Waals surface area contributed by atoms with Gasteiger partial charge < -0.3 is 11.1 Å². The van der Waals surface area contributed by atoms with Crippen LogP contribution in [0.5, 0.6) is 0 Å². The largest absolute Gasteiger partial charge is 0.350 e. The quantitative estimate of drug-likeness (QED) is 0.865. The highest BCUT2D eigenvalue weighted by Crippen LogP contribution is 2.31. The van der Waals surface area contributed by atoms with Crippen molar-refractivity contribution in [3.63, 3.8) is 0 Å². The number of aryl methyl sites for hydroxylation is 1. The topological polar surface area (TPSA) is 55.1 Å². The lowest BCUT2D eigenvalue weighted by Gasteiger charge is -2.12. The van der Waals surface area contributed by atoms with Crippen molar-refractivity contribution in [3.8, 4) is 11.1 Å². The van der Waals surface area contributed by atoms with E-state index in [2.05, 4.69) is 5.32 Å². The molecule has 1 amide bonds. The van der Waals surface area contributed by atoms with Crippen molar-refractivity contribution in [2.24, 2.45) is 11.7 Å². The smallest absolute Gasteiger partial charge is 0.254 e. The maximum absolute atomic E-state index is 14.3. The van der Waals surface area contributed by atoms with Crippen molar-refractivity contribution in [1.29, 1.82) is 0 Å². The fraction of sp³-hybridized carbons (Fsp3) is 0.316. The Morgan fingerprint density at radius 1 is 1.21 bits per heavy atom. The molecular formula is C19H22ClFN2O. The van der Waals surface area contributed by atoms with Gasteiger partial charge in [-0.05, 0) is 48.9 Å². The molecule has 128 valence electrons. The lowest BCUT2D eigenvalue weighted by Crippen LogP contribution is -2.38. The fourth-order valence-corrected chi connectivity index (χ4v) is 2.62. The van der Waals surface area contributed by atoms with Crippen LogP contribution in [0, 0.1) is 18.7 Å². The Bertz CT molecular complexity index is 714. The van der Waals surface area contributed by atoms with Crippen molar-refractivity contribution in [2.45, 2.75) is 25.8 Å². The van der Waals surface area contributed by atoms with E-state index in [1.165, 1.54) is 12.1 Å². The summed E-state index contributed by atoms with van der Waals surface area (Å²) in [7, 11) is 0. The minimum Gasteiger partial charge on any atom is -0.350 e. The average molecular weight is 349 g/mol. The summed E-state index contributed by atoms with van der Waals surface area (Å²) in [5.41, 5.74) is 8.84. The van der Waals surface area contributed by atoms with Crippen LogP contribution in [0.4, 0.5) is 4.39 Å². The zero-order valence-corrected chi connectivity index (χ0v) is 14.4. The average Bonchev–Trinajstić information content (AvgIpc) is 3.38. The van der Waals surface area contributed by atoms with Crippen LogP contribution >= 0.6 is 12.4 Å². The summed E-state index contributed by atoms with van der Waals surface area (Å²) in [5.74, 6) is -0.418. The molecule has 3 rings (SSSR count). The Labute approximate surface area is 147 Å². The fourth-order valence-electron chi connectivity index (χ4n) is 2.62. The van der Waals surface area contributed by atoms with E-state index in [1.807, 2.05) is 31.2 Å². The second-order valence-electron chi connectivity index (χ2n) is 6.27. The Hall–Kier alpha value is -1.91. The van der Waals surface area contributed by atoms with Gasteiger partial charge in [0.05, 0.1) is 5.56 Å². The normalized spacial score (nSPS) is 14.6. The molecule has 0 radical (unpaired) electrons. The first-order valence-electron chi connectivity index (χ1n) is 7.95. The molecule has 1 atom stereocenters. The van der Waals surface area contributed by atoms with E-state index in [-0.39, 0.29) is 24.0 Å². The van der Waals surface area contributed by atoms with Crippen molar-refractivity contribution < 1.29 is 9.18 Å². The number of amides is 1. The molecule has 1 fully saturated rings. The maximum Gasteiger partial charge on any atom is 0.254 e. The van der Waals surface area contributed by atoms with Gasteiger partial charge in [-0.15, -0.1) is 12.4 Å². The highest BCUT2D eigenvalue weighted by atomic mass is 35.5. The molecule has 0 aromatic heterocycles. The molecule has 0 aliphatic heterocycles. The molecular weight excluding hydrogens is 327 g/mol. The molecule has 3 nitrogen and oxygen atoms in total. The van der Waals surface area contributed by atoms with Crippen molar-refractivity contribution in [3.05, 3.63) is 59.4 Å². The van der Waals surface area contributed by atoms with E-state index in [0.717, 1.165) is 29.5 Å². The standard InChI is InChI=1S/C19H21FN2O.ClH/c1-12-2-4-13(5-3-12)15-8-9-16(17(20)10-15)19(23)22-11-18(21)14-6-7-14;/h2-5,8-10,14,18H,6-7,11,21H2,1H3,(H,22,23);1H. The number of rotatable bonds is 5. The molecule has 2 aromatic rings. The van der Waals surface area contributed by atoms with E-state index in [1.54, 1.807) is 6.07 Å². The second kappa shape index (κ2) is 7.77. The SMILES string of the molecule is Cc1ccc(-c2ccc(C(=O)NCC(N)C3CC3)c(F)c2)cc1.Cl. The Balaban J connectivity index is 0.00000208. The first-order valence-corrected chi connectivity index (χ1v) is 7.95. The molecule has 2 aromatic carbocycles. The van der Waals surface area contributed by atoms with E-state index >= 15 is 0 Å². The van der Waals surface area contributed by atoms with Crippen LogP contribution in [-0.4, -0.2) is 18.5 Å². The molecule has 3 N–H and O–H groups in total. The minimum atomic E-state index is -0.513. The van der Waals surface area contributed by atoms with Gasteiger partial charge in [-0.1, -0.05) is 35.9 Å². The Morgan fingerprint density at radius 2 is 1.83 bits per heavy atom. The number of carbonyl (C=O) groups excluding carboxylic acids is 1. The summed E-state index contributed by atoms with van der Waals surface area (Å²) in [6.07, 6.45) is 2.24. The lowest BCUT2D eigenvalue weighted by molar-refractivity contribution is 0.0946. The highest BCUT2D eigenvalue weighted by molar-refractivity contribution is 5.95. The highest BCUT2D eigenvalue weighted by Gasteiger charge is 2.28. The number of hydrogen-bond acceptors (Lipinski definition) is 2. The van der Waals surface area contributed by atoms with Gasteiger partial charge in [-0.3, -0.25) is 4.79 Å². The van der Waals surface area contributed by atoms with E-state index in [9.17, 15) is 9.18 Å².